The third kappa shape index (κ3) is 9.03. The fourth-order valence-electron chi connectivity index (χ4n) is 2.81. The van der Waals surface area contributed by atoms with Gasteiger partial charge in [0.2, 0.25) is 10.0 Å². The fourth-order valence-corrected chi connectivity index (χ4v) is 3.41. The Morgan fingerprint density at radius 3 is 2.48 bits per heavy atom. The highest BCUT2D eigenvalue weighted by molar-refractivity contribution is 14.0. The zero-order valence-corrected chi connectivity index (χ0v) is 20.5. The molecule has 0 saturated heterocycles. The summed E-state index contributed by atoms with van der Waals surface area (Å²) in [6, 6.07) is 15.8. The first-order valence-corrected chi connectivity index (χ1v) is 11.3. The van der Waals surface area contributed by atoms with Gasteiger partial charge in [-0.3, -0.25) is 4.72 Å². The summed E-state index contributed by atoms with van der Waals surface area (Å²) >= 11 is 0. The number of halogens is 1. The van der Waals surface area contributed by atoms with Crippen LogP contribution < -0.4 is 15.4 Å². The second-order valence-electron chi connectivity index (χ2n) is 6.92. The highest BCUT2D eigenvalue weighted by Gasteiger charge is 2.09. The van der Waals surface area contributed by atoms with E-state index in [2.05, 4.69) is 58.5 Å². The van der Waals surface area contributed by atoms with E-state index in [1.165, 1.54) is 11.1 Å². The van der Waals surface area contributed by atoms with Gasteiger partial charge in [-0.2, -0.15) is 0 Å². The third-order valence-corrected chi connectivity index (χ3v) is 4.84. The molecule has 0 spiro atoms. The lowest BCUT2D eigenvalue weighted by atomic mass is 9.99. The van der Waals surface area contributed by atoms with Crippen LogP contribution in [0.25, 0.3) is 0 Å². The van der Waals surface area contributed by atoms with E-state index in [0.717, 1.165) is 24.9 Å². The van der Waals surface area contributed by atoms with E-state index < -0.39 is 10.0 Å². The molecule has 0 saturated carbocycles. The van der Waals surface area contributed by atoms with Crippen molar-refractivity contribution in [2.75, 3.05) is 24.1 Å². The fraction of sp³-hybridized carbons (Fsp3) is 0.381. The van der Waals surface area contributed by atoms with Crippen molar-refractivity contribution in [3.05, 3.63) is 65.2 Å². The summed E-state index contributed by atoms with van der Waals surface area (Å²) in [6.45, 7) is 8.15. The predicted molar refractivity (Wildman–Crippen MR) is 133 cm³/mol. The van der Waals surface area contributed by atoms with Crippen LogP contribution in [0.15, 0.2) is 53.5 Å². The molecular formula is C21H31IN4O2S. The Morgan fingerprint density at radius 1 is 1.10 bits per heavy atom. The molecule has 0 aliphatic rings. The topological polar surface area (TPSA) is 82.6 Å². The third-order valence-electron chi connectivity index (χ3n) is 4.25. The van der Waals surface area contributed by atoms with Gasteiger partial charge in [-0.05, 0) is 37.0 Å². The molecule has 2 rings (SSSR count). The molecule has 2 aromatic carbocycles. The lowest BCUT2D eigenvalue weighted by Gasteiger charge is -2.17. The number of hydrogen-bond acceptors (Lipinski definition) is 3. The zero-order chi connectivity index (χ0) is 20.6. The van der Waals surface area contributed by atoms with Crippen molar-refractivity contribution in [1.82, 2.24) is 10.6 Å². The molecule has 0 aromatic heterocycles. The number of aryl methyl sites for hydroxylation is 1. The van der Waals surface area contributed by atoms with Crippen LogP contribution in [0.2, 0.25) is 0 Å². The van der Waals surface area contributed by atoms with Crippen LogP contribution in [0.3, 0.4) is 0 Å². The van der Waals surface area contributed by atoms with Gasteiger partial charge in [0, 0.05) is 13.1 Å². The molecule has 0 radical (unpaired) electrons. The Morgan fingerprint density at radius 2 is 1.83 bits per heavy atom. The number of nitrogens with zero attached hydrogens (tertiary/aromatic N) is 1. The van der Waals surface area contributed by atoms with Crippen LogP contribution in [-0.2, 0) is 16.6 Å². The molecule has 8 heteroatoms. The summed E-state index contributed by atoms with van der Waals surface area (Å²) in [6.07, 6.45) is 1.14. The molecule has 2 aromatic rings. The van der Waals surface area contributed by atoms with Gasteiger partial charge in [0.15, 0.2) is 5.96 Å². The first kappa shape index (κ1) is 25.2. The van der Waals surface area contributed by atoms with E-state index in [1.54, 1.807) is 12.1 Å². The Bertz CT molecular complexity index is 916. The molecule has 3 N–H and O–H groups in total. The van der Waals surface area contributed by atoms with Gasteiger partial charge in [-0.15, -0.1) is 24.0 Å². The molecule has 0 bridgehead atoms. The molecule has 0 aliphatic heterocycles. The van der Waals surface area contributed by atoms with E-state index >= 15 is 0 Å². The van der Waals surface area contributed by atoms with Crippen LogP contribution in [0.5, 0.6) is 0 Å². The van der Waals surface area contributed by atoms with Gasteiger partial charge in [-0.1, -0.05) is 55.0 Å². The molecule has 1 unspecified atom stereocenters. The minimum Gasteiger partial charge on any atom is -0.357 e. The van der Waals surface area contributed by atoms with Crippen molar-refractivity contribution in [3.63, 3.8) is 0 Å². The number of nitrogens with one attached hydrogen (secondary N) is 3. The van der Waals surface area contributed by atoms with Crippen LogP contribution in [0.4, 0.5) is 5.69 Å². The number of para-hydroxylation sites is 1. The Kier molecular flexibility index (Phi) is 10.5. The van der Waals surface area contributed by atoms with Gasteiger partial charge < -0.3 is 10.6 Å². The highest BCUT2D eigenvalue weighted by atomic mass is 127. The average molecular weight is 530 g/mol. The predicted octanol–water partition coefficient (Wildman–Crippen LogP) is 3.84. The summed E-state index contributed by atoms with van der Waals surface area (Å²) in [7, 11) is -3.33. The number of hydrogen-bond donors (Lipinski definition) is 3. The van der Waals surface area contributed by atoms with Gasteiger partial charge in [-0.25, -0.2) is 13.4 Å². The normalized spacial score (nSPS) is 12.6. The Labute approximate surface area is 191 Å². The van der Waals surface area contributed by atoms with Crippen molar-refractivity contribution < 1.29 is 8.42 Å². The van der Waals surface area contributed by atoms with Crippen molar-refractivity contribution in [1.29, 1.82) is 0 Å². The second kappa shape index (κ2) is 12.0. The molecule has 0 fully saturated rings. The van der Waals surface area contributed by atoms with Crippen molar-refractivity contribution in [3.8, 4) is 0 Å². The molecule has 29 heavy (non-hydrogen) atoms. The molecule has 6 nitrogen and oxygen atoms in total. The van der Waals surface area contributed by atoms with E-state index in [4.69, 9.17) is 0 Å². The first-order chi connectivity index (χ1) is 13.3. The summed E-state index contributed by atoms with van der Waals surface area (Å²) in [5, 5.41) is 6.62. The molecule has 0 heterocycles. The van der Waals surface area contributed by atoms with E-state index in [1.807, 2.05) is 19.1 Å². The smallest absolute Gasteiger partial charge is 0.229 e. The van der Waals surface area contributed by atoms with Crippen LogP contribution in [-0.4, -0.2) is 33.7 Å². The maximum absolute atomic E-state index is 11.6. The molecule has 1 atom stereocenters. The summed E-state index contributed by atoms with van der Waals surface area (Å²) < 4.78 is 25.7. The monoisotopic (exact) mass is 530 g/mol. The highest BCUT2D eigenvalue weighted by Crippen LogP contribution is 2.18. The maximum Gasteiger partial charge on any atom is 0.229 e. The van der Waals surface area contributed by atoms with E-state index in [0.29, 0.717) is 24.1 Å². The summed E-state index contributed by atoms with van der Waals surface area (Å²) in [4.78, 5) is 4.62. The standard InChI is InChI=1S/C21H30N4O2S.HI/c1-5-22-21(23-14-17(3)18-11-8-9-16(2)13-18)24-15-19-10-6-7-12-20(19)25-28(4,26)27;/h6-13,17,25H,5,14-15H2,1-4H3,(H2,22,23,24);1H. The number of rotatable bonds is 8. The minimum absolute atomic E-state index is 0. The van der Waals surface area contributed by atoms with Crippen molar-refractivity contribution in [2.24, 2.45) is 4.99 Å². The molecular weight excluding hydrogens is 499 g/mol. The largest absolute Gasteiger partial charge is 0.357 e. The number of anilines is 1. The Hall–Kier alpha value is -1.81. The van der Waals surface area contributed by atoms with Gasteiger partial charge >= 0.3 is 0 Å². The van der Waals surface area contributed by atoms with Crippen molar-refractivity contribution in [2.45, 2.75) is 33.2 Å². The van der Waals surface area contributed by atoms with Gasteiger partial charge in [0.25, 0.3) is 0 Å². The molecule has 0 aliphatic carbocycles. The first-order valence-electron chi connectivity index (χ1n) is 9.43. The molecule has 160 valence electrons. The lowest BCUT2D eigenvalue weighted by Crippen LogP contribution is -2.39. The number of aliphatic imine (C=N–C) groups is 1. The number of benzene rings is 2. The van der Waals surface area contributed by atoms with Crippen molar-refractivity contribution >= 4 is 45.6 Å². The summed E-state index contributed by atoms with van der Waals surface area (Å²) in [5.41, 5.74) is 3.90. The van der Waals surface area contributed by atoms with Gasteiger partial charge in [0.1, 0.15) is 0 Å². The number of guanidine groups is 1. The quantitative estimate of drug-likeness (QED) is 0.275. The SMILES string of the molecule is CCNC(=NCc1ccccc1NS(C)(=O)=O)NCC(C)c1cccc(C)c1.I. The zero-order valence-electron chi connectivity index (χ0n) is 17.4. The van der Waals surface area contributed by atoms with Gasteiger partial charge in [0.05, 0.1) is 18.5 Å². The Balaban J connectivity index is 0.00000420. The van der Waals surface area contributed by atoms with Crippen LogP contribution >= 0.6 is 24.0 Å². The number of sulfonamides is 1. The van der Waals surface area contributed by atoms with Crippen LogP contribution in [0, 0.1) is 6.92 Å². The second-order valence-corrected chi connectivity index (χ2v) is 8.67. The maximum atomic E-state index is 11.6. The molecule has 0 amide bonds. The average Bonchev–Trinajstić information content (AvgIpc) is 2.63. The minimum atomic E-state index is -3.33. The lowest BCUT2D eigenvalue weighted by molar-refractivity contribution is 0.606. The summed E-state index contributed by atoms with van der Waals surface area (Å²) in [5.74, 6) is 1.04. The van der Waals surface area contributed by atoms with E-state index in [-0.39, 0.29) is 24.0 Å². The van der Waals surface area contributed by atoms with Crippen LogP contribution in [0.1, 0.15) is 36.5 Å². The van der Waals surface area contributed by atoms with E-state index in [9.17, 15) is 8.42 Å².